The van der Waals surface area contributed by atoms with Crippen molar-refractivity contribution in [2.45, 2.75) is 52.1 Å². The molecule has 0 spiro atoms. The Labute approximate surface area is 347 Å². The van der Waals surface area contributed by atoms with Crippen LogP contribution in [0.15, 0.2) is 47.5 Å². The highest BCUT2D eigenvalue weighted by atomic mass is 35.5. The molecule has 1 unspecified atom stereocenters. The van der Waals surface area contributed by atoms with Crippen molar-refractivity contribution in [3.05, 3.63) is 91.8 Å². The lowest BCUT2D eigenvalue weighted by molar-refractivity contribution is -0.136. The lowest BCUT2D eigenvalue weighted by Crippen LogP contribution is -2.54. The van der Waals surface area contributed by atoms with Crippen molar-refractivity contribution >= 4 is 64.1 Å². The molecule has 1 saturated heterocycles. The molecule has 4 aromatic rings. The fraction of sp³-hybridized carbons (Fsp3) is 0.375. The van der Waals surface area contributed by atoms with Crippen LogP contribution in [0.3, 0.4) is 0 Å². The first-order chi connectivity index (χ1) is 28.4. The number of amides is 6. The van der Waals surface area contributed by atoms with Gasteiger partial charge in [-0.25, -0.2) is 0 Å². The van der Waals surface area contributed by atoms with Crippen LogP contribution in [0, 0.1) is 20.8 Å². The molecule has 5 heterocycles. The van der Waals surface area contributed by atoms with E-state index in [2.05, 4.69) is 40.0 Å². The molecule has 7 rings (SSSR count). The Morgan fingerprint density at radius 3 is 2.32 bits per heavy atom. The fourth-order valence-corrected chi connectivity index (χ4v) is 8.37. The van der Waals surface area contributed by atoms with E-state index in [1.807, 2.05) is 35.8 Å². The first-order valence-corrected chi connectivity index (χ1v) is 20.1. The fourth-order valence-electron chi connectivity index (χ4n) is 7.03. The number of nitrogens with one attached hydrogen (secondary N) is 3. The second kappa shape index (κ2) is 18.0. The van der Waals surface area contributed by atoms with Gasteiger partial charge in [0, 0.05) is 40.5 Å². The number of imide groups is 2. The van der Waals surface area contributed by atoms with Crippen molar-refractivity contribution in [1.82, 2.24) is 35.6 Å². The summed E-state index contributed by atoms with van der Waals surface area (Å²) in [6.45, 7) is 6.99. The molecular weight excluding hydrogens is 804 g/mol. The molecule has 3 N–H and O–H groups in total. The van der Waals surface area contributed by atoms with Gasteiger partial charge in [-0.3, -0.25) is 48.5 Å². The van der Waals surface area contributed by atoms with Crippen LogP contribution < -0.4 is 20.7 Å². The molecule has 2 aromatic heterocycles. The number of aromatic nitrogens is 3. The molecule has 0 aliphatic carbocycles. The van der Waals surface area contributed by atoms with Crippen LogP contribution in [-0.2, 0) is 28.7 Å². The summed E-state index contributed by atoms with van der Waals surface area (Å²) in [6, 6.07) is 10.2. The number of carbonyl (C=O) groups excluding carboxylic acids is 6. The maximum Gasteiger partial charge on any atom is 0.266 e. The van der Waals surface area contributed by atoms with Crippen LogP contribution in [-0.4, -0.2) is 113 Å². The molecule has 17 nitrogen and oxygen atoms in total. The zero-order valence-electron chi connectivity index (χ0n) is 32.5. The first-order valence-electron chi connectivity index (χ1n) is 19.0. The molecule has 1 fully saturated rings. The van der Waals surface area contributed by atoms with E-state index in [1.54, 1.807) is 11.3 Å². The van der Waals surface area contributed by atoms with Crippen molar-refractivity contribution in [3.63, 3.8) is 0 Å². The predicted molar refractivity (Wildman–Crippen MR) is 214 cm³/mol. The zero-order chi connectivity index (χ0) is 41.8. The van der Waals surface area contributed by atoms with E-state index in [9.17, 15) is 28.8 Å². The summed E-state index contributed by atoms with van der Waals surface area (Å²) in [5.74, 6) is -1.96. The SMILES string of the molecule is Cc1sc2c(c1C)C(c1ccc(Cl)cc1)=N[C@@H](CC(=O)NCCOCCOCCNC(=O)COc1cccc3c1C(=O)N(C1CCC(=O)NC1=O)C3=O)c1nnc(C)n1-2. The summed E-state index contributed by atoms with van der Waals surface area (Å²) in [4.78, 5) is 82.9. The molecule has 0 bridgehead atoms. The van der Waals surface area contributed by atoms with Crippen LogP contribution >= 0.6 is 22.9 Å². The van der Waals surface area contributed by atoms with Gasteiger partial charge in [-0.05, 0) is 57.0 Å². The van der Waals surface area contributed by atoms with Gasteiger partial charge in [-0.15, -0.1) is 21.5 Å². The average Bonchev–Trinajstić information content (AvgIpc) is 3.79. The molecule has 6 amide bonds. The second-order valence-electron chi connectivity index (χ2n) is 13.9. The van der Waals surface area contributed by atoms with E-state index in [0.29, 0.717) is 16.7 Å². The van der Waals surface area contributed by atoms with Crippen LogP contribution in [0.4, 0.5) is 0 Å². The van der Waals surface area contributed by atoms with Crippen molar-refractivity contribution in [2.24, 2.45) is 4.99 Å². The van der Waals surface area contributed by atoms with Crippen LogP contribution in [0.1, 0.15) is 79.2 Å². The number of hydrogen-bond donors (Lipinski definition) is 3. The largest absolute Gasteiger partial charge is 0.483 e. The maximum absolute atomic E-state index is 13.2. The molecule has 3 aliphatic heterocycles. The molecular formula is C40H41ClN8O9S. The Kier molecular flexibility index (Phi) is 12.6. The minimum absolute atomic E-state index is 0.000231. The number of carbonyl (C=O) groups is 6. The molecule has 59 heavy (non-hydrogen) atoms. The number of benzene rings is 2. The number of nitrogens with zero attached hydrogens (tertiary/aromatic N) is 5. The van der Waals surface area contributed by atoms with E-state index in [-0.39, 0.29) is 81.6 Å². The normalized spacial score (nSPS) is 17.2. The highest BCUT2D eigenvalue weighted by Gasteiger charge is 2.46. The third-order valence-corrected chi connectivity index (χ3v) is 11.5. The minimum atomic E-state index is -1.12. The summed E-state index contributed by atoms with van der Waals surface area (Å²) in [5.41, 5.74) is 3.75. The van der Waals surface area contributed by atoms with E-state index in [0.717, 1.165) is 37.2 Å². The molecule has 0 radical (unpaired) electrons. The summed E-state index contributed by atoms with van der Waals surface area (Å²) in [7, 11) is 0. The predicted octanol–water partition coefficient (Wildman–Crippen LogP) is 2.94. The van der Waals surface area contributed by atoms with Gasteiger partial charge >= 0.3 is 0 Å². The highest BCUT2D eigenvalue weighted by molar-refractivity contribution is 7.15. The standard InChI is InChI=1S/C40H41ClN8O9S/c1-21-22(2)59-40-33(21)35(24-7-9-25(41)10-8-24)44-27(36-47-46-23(3)48(36)40)19-31(51)42-13-15-56-17-18-57-16-14-43-32(52)20-58-29-6-4-5-26-34(29)39(55)49(38(26)54)28-11-12-30(50)45-37(28)53/h4-10,27-28H,11-20H2,1-3H3,(H,42,51)(H,43,52)(H,45,50,53)/t27-,28?/m0/s1. The molecule has 3 aliphatic rings. The summed E-state index contributed by atoms with van der Waals surface area (Å²) in [6.07, 6.45) is 0.0755. The summed E-state index contributed by atoms with van der Waals surface area (Å²) in [5, 5.41) is 18.1. The van der Waals surface area contributed by atoms with Crippen molar-refractivity contribution in [1.29, 1.82) is 0 Å². The van der Waals surface area contributed by atoms with Crippen molar-refractivity contribution in [3.8, 4) is 10.8 Å². The van der Waals surface area contributed by atoms with Gasteiger partial charge in [0.15, 0.2) is 12.4 Å². The third-order valence-electron chi connectivity index (χ3n) is 10.0. The Hall–Kier alpha value is -5.82. The van der Waals surface area contributed by atoms with Gasteiger partial charge in [0.05, 0.1) is 49.7 Å². The number of hydrogen-bond acceptors (Lipinski definition) is 13. The lowest BCUT2D eigenvalue weighted by Gasteiger charge is -2.27. The van der Waals surface area contributed by atoms with Gasteiger partial charge in [0.2, 0.25) is 17.7 Å². The first kappa shape index (κ1) is 41.3. The van der Waals surface area contributed by atoms with Gasteiger partial charge in [-0.2, -0.15) is 0 Å². The quantitative estimate of drug-likeness (QED) is 0.110. The van der Waals surface area contributed by atoms with E-state index >= 15 is 0 Å². The summed E-state index contributed by atoms with van der Waals surface area (Å²) >= 11 is 7.85. The smallest absolute Gasteiger partial charge is 0.266 e. The Bertz CT molecular complexity index is 2360. The Balaban J connectivity index is 0.812. The third kappa shape index (κ3) is 8.80. The van der Waals surface area contributed by atoms with Gasteiger partial charge in [0.1, 0.15) is 28.7 Å². The van der Waals surface area contributed by atoms with Crippen LogP contribution in [0.2, 0.25) is 5.02 Å². The number of piperidine rings is 1. The maximum atomic E-state index is 13.2. The van der Waals surface area contributed by atoms with Crippen LogP contribution in [0.5, 0.6) is 5.75 Å². The van der Waals surface area contributed by atoms with E-state index in [1.165, 1.54) is 18.2 Å². The van der Waals surface area contributed by atoms with Gasteiger partial charge in [-0.1, -0.05) is 29.8 Å². The number of ether oxygens (including phenoxy) is 3. The minimum Gasteiger partial charge on any atom is -0.483 e. The average molecular weight is 845 g/mol. The number of aliphatic imine (C=N–C) groups is 1. The highest BCUT2D eigenvalue weighted by Crippen LogP contribution is 2.40. The molecule has 2 aromatic carbocycles. The Morgan fingerprint density at radius 2 is 1.61 bits per heavy atom. The van der Waals surface area contributed by atoms with Crippen molar-refractivity contribution < 1.29 is 43.0 Å². The van der Waals surface area contributed by atoms with E-state index < -0.39 is 48.2 Å². The lowest BCUT2D eigenvalue weighted by atomic mass is 9.99. The number of thiophene rings is 1. The number of aryl methyl sites for hydroxylation is 2. The van der Waals surface area contributed by atoms with Crippen LogP contribution in [0.25, 0.3) is 5.00 Å². The zero-order valence-corrected chi connectivity index (χ0v) is 34.0. The number of rotatable bonds is 16. The summed E-state index contributed by atoms with van der Waals surface area (Å²) < 4.78 is 18.7. The monoisotopic (exact) mass is 844 g/mol. The van der Waals surface area contributed by atoms with Crippen molar-refractivity contribution in [2.75, 3.05) is 46.1 Å². The second-order valence-corrected chi connectivity index (χ2v) is 15.6. The Morgan fingerprint density at radius 1 is 0.898 bits per heavy atom. The van der Waals surface area contributed by atoms with Gasteiger partial charge < -0.3 is 24.8 Å². The van der Waals surface area contributed by atoms with Gasteiger partial charge in [0.25, 0.3) is 17.7 Å². The molecule has 2 atom stereocenters. The molecule has 0 saturated carbocycles. The molecule has 19 heteroatoms. The van der Waals surface area contributed by atoms with E-state index in [4.69, 9.17) is 30.8 Å². The number of fused-ring (bicyclic) bond motifs is 4. The topological polar surface area (TPSA) is 213 Å². The number of halogens is 1. The molecule has 308 valence electrons.